The molecular formula is C19H28N4O3S. The Labute approximate surface area is 164 Å². The van der Waals surface area contributed by atoms with Crippen molar-refractivity contribution in [2.24, 2.45) is 0 Å². The second kappa shape index (κ2) is 10.8. The molecule has 0 saturated heterocycles. The SMILES string of the molecule is CC(=C(NCCSCc1ccc(CN(C)C)o1)NC1=CCC=CC1)[N+](=O)[O-]. The average Bonchev–Trinajstić information content (AvgIpc) is 3.07. The lowest BCUT2D eigenvalue weighted by atomic mass is 10.1. The van der Waals surface area contributed by atoms with Gasteiger partial charge in [-0.05, 0) is 32.6 Å². The van der Waals surface area contributed by atoms with Crippen molar-refractivity contribution in [3.8, 4) is 0 Å². The maximum atomic E-state index is 11.1. The van der Waals surface area contributed by atoms with Crippen LogP contribution in [0.5, 0.6) is 0 Å². The molecule has 2 rings (SSSR count). The molecule has 7 nitrogen and oxygen atoms in total. The van der Waals surface area contributed by atoms with Gasteiger partial charge in [0.05, 0.1) is 17.2 Å². The first-order chi connectivity index (χ1) is 13.0. The van der Waals surface area contributed by atoms with Gasteiger partial charge in [-0.2, -0.15) is 11.8 Å². The van der Waals surface area contributed by atoms with E-state index in [9.17, 15) is 10.1 Å². The van der Waals surface area contributed by atoms with Gasteiger partial charge in [-0.3, -0.25) is 10.1 Å². The van der Waals surface area contributed by atoms with Crippen molar-refractivity contribution < 1.29 is 9.34 Å². The Balaban J connectivity index is 1.78. The van der Waals surface area contributed by atoms with Crippen molar-refractivity contribution in [3.05, 3.63) is 69.2 Å². The van der Waals surface area contributed by atoms with Crippen molar-refractivity contribution >= 4 is 11.8 Å². The Hall–Kier alpha value is -2.19. The van der Waals surface area contributed by atoms with Gasteiger partial charge >= 0.3 is 0 Å². The van der Waals surface area contributed by atoms with Crippen molar-refractivity contribution in [1.82, 2.24) is 15.5 Å². The third kappa shape index (κ3) is 7.52. The molecule has 1 heterocycles. The van der Waals surface area contributed by atoms with Crippen LogP contribution in [0.1, 0.15) is 31.3 Å². The van der Waals surface area contributed by atoms with Gasteiger partial charge < -0.3 is 20.0 Å². The first-order valence-electron chi connectivity index (χ1n) is 8.96. The number of allylic oxidation sites excluding steroid dienone is 4. The number of nitro groups is 1. The molecule has 0 bridgehead atoms. The molecule has 1 aromatic heterocycles. The number of nitrogens with one attached hydrogen (secondary N) is 2. The van der Waals surface area contributed by atoms with Crippen LogP contribution in [0.4, 0.5) is 0 Å². The summed E-state index contributed by atoms with van der Waals surface area (Å²) in [6.07, 6.45) is 7.80. The Kier molecular flexibility index (Phi) is 8.47. The molecule has 0 atom stereocenters. The zero-order valence-corrected chi connectivity index (χ0v) is 17.0. The quantitative estimate of drug-likeness (QED) is 0.258. The van der Waals surface area contributed by atoms with Gasteiger partial charge in [0.2, 0.25) is 0 Å². The molecule has 0 spiro atoms. The monoisotopic (exact) mass is 392 g/mol. The fourth-order valence-electron chi connectivity index (χ4n) is 2.53. The van der Waals surface area contributed by atoms with Crippen molar-refractivity contribution in [2.45, 2.75) is 32.1 Å². The molecule has 1 aliphatic carbocycles. The highest BCUT2D eigenvalue weighted by atomic mass is 32.2. The van der Waals surface area contributed by atoms with Gasteiger partial charge in [-0.1, -0.05) is 18.2 Å². The summed E-state index contributed by atoms with van der Waals surface area (Å²) in [5.74, 6) is 3.98. The minimum absolute atomic E-state index is 0.0924. The van der Waals surface area contributed by atoms with Crippen LogP contribution in [0, 0.1) is 10.1 Å². The van der Waals surface area contributed by atoms with Crippen LogP contribution in [0.15, 0.2) is 52.0 Å². The van der Waals surface area contributed by atoms with Crippen molar-refractivity contribution in [2.75, 3.05) is 26.4 Å². The number of hydrogen-bond donors (Lipinski definition) is 2. The third-order valence-electron chi connectivity index (χ3n) is 3.91. The van der Waals surface area contributed by atoms with E-state index in [0.29, 0.717) is 12.4 Å². The normalized spacial score (nSPS) is 14.7. The summed E-state index contributed by atoms with van der Waals surface area (Å²) in [4.78, 5) is 12.8. The van der Waals surface area contributed by atoms with Gasteiger partial charge in [0.15, 0.2) is 5.82 Å². The fourth-order valence-corrected chi connectivity index (χ4v) is 3.28. The molecule has 0 radical (unpaired) electrons. The third-order valence-corrected chi connectivity index (χ3v) is 4.89. The molecule has 8 heteroatoms. The van der Waals surface area contributed by atoms with Crippen molar-refractivity contribution in [3.63, 3.8) is 0 Å². The van der Waals surface area contributed by atoms with Crippen LogP contribution in [0.25, 0.3) is 0 Å². The highest BCUT2D eigenvalue weighted by Crippen LogP contribution is 2.16. The lowest BCUT2D eigenvalue weighted by molar-refractivity contribution is -0.426. The van der Waals surface area contributed by atoms with E-state index < -0.39 is 0 Å². The van der Waals surface area contributed by atoms with Crippen LogP contribution >= 0.6 is 11.8 Å². The Morgan fingerprint density at radius 2 is 2.11 bits per heavy atom. The lowest BCUT2D eigenvalue weighted by Crippen LogP contribution is -2.30. The summed E-state index contributed by atoms with van der Waals surface area (Å²) in [5.41, 5.74) is 1.08. The molecule has 2 N–H and O–H groups in total. The van der Waals surface area contributed by atoms with Crippen LogP contribution in [-0.2, 0) is 12.3 Å². The van der Waals surface area contributed by atoms with E-state index >= 15 is 0 Å². The topological polar surface area (TPSA) is 83.6 Å². The minimum Gasteiger partial charge on any atom is -0.464 e. The molecule has 0 aromatic carbocycles. The molecule has 1 aromatic rings. The van der Waals surface area contributed by atoms with E-state index in [0.717, 1.165) is 48.1 Å². The second-order valence-electron chi connectivity index (χ2n) is 6.57. The molecule has 0 aliphatic heterocycles. The van der Waals surface area contributed by atoms with Crippen LogP contribution in [0.2, 0.25) is 0 Å². The average molecular weight is 393 g/mol. The Morgan fingerprint density at radius 3 is 2.78 bits per heavy atom. The highest BCUT2D eigenvalue weighted by Gasteiger charge is 2.14. The summed E-state index contributed by atoms with van der Waals surface area (Å²) in [6.45, 7) is 2.93. The maximum Gasteiger partial charge on any atom is 0.283 e. The highest BCUT2D eigenvalue weighted by molar-refractivity contribution is 7.98. The first kappa shape index (κ1) is 21.1. The summed E-state index contributed by atoms with van der Waals surface area (Å²) in [7, 11) is 4.02. The maximum absolute atomic E-state index is 11.1. The number of hydrogen-bond acceptors (Lipinski definition) is 7. The fraction of sp³-hybridized carbons (Fsp3) is 0.474. The molecule has 1 aliphatic rings. The Bertz CT molecular complexity index is 722. The number of thioether (sulfide) groups is 1. The number of rotatable bonds is 11. The zero-order chi connectivity index (χ0) is 19.6. The molecular weight excluding hydrogens is 364 g/mol. The predicted molar refractivity (Wildman–Crippen MR) is 110 cm³/mol. The van der Waals surface area contributed by atoms with Crippen LogP contribution < -0.4 is 10.6 Å². The van der Waals surface area contributed by atoms with E-state index in [2.05, 4.69) is 27.7 Å². The first-order valence-corrected chi connectivity index (χ1v) is 10.1. The van der Waals surface area contributed by atoms with Gasteiger partial charge in [0, 0.05) is 31.3 Å². The second-order valence-corrected chi connectivity index (χ2v) is 7.67. The van der Waals surface area contributed by atoms with E-state index in [1.807, 2.05) is 32.3 Å². The zero-order valence-electron chi connectivity index (χ0n) is 16.2. The standard InChI is InChI=1S/C19H28N4O3S/c1-15(23(24)25)19(21-16-7-5-4-6-8-16)20-11-12-27-14-18-10-9-17(26-18)13-22(2)3/h4-5,8-10,20-21H,6-7,11-14H2,1-3H3. The summed E-state index contributed by atoms with van der Waals surface area (Å²) < 4.78 is 5.78. The van der Waals surface area contributed by atoms with E-state index in [1.54, 1.807) is 11.8 Å². The lowest BCUT2D eigenvalue weighted by Gasteiger charge is -2.16. The Morgan fingerprint density at radius 1 is 1.33 bits per heavy atom. The minimum atomic E-state index is -0.364. The van der Waals surface area contributed by atoms with Gasteiger partial charge in [0.1, 0.15) is 11.5 Å². The summed E-state index contributed by atoms with van der Waals surface area (Å²) in [6, 6.07) is 4.01. The number of furan rings is 1. The molecule has 0 saturated carbocycles. The summed E-state index contributed by atoms with van der Waals surface area (Å²) >= 11 is 1.73. The summed E-state index contributed by atoms with van der Waals surface area (Å²) in [5, 5.41) is 17.5. The predicted octanol–water partition coefficient (Wildman–Crippen LogP) is 3.45. The molecule has 0 amide bonds. The van der Waals surface area contributed by atoms with Gasteiger partial charge in [0.25, 0.3) is 5.70 Å². The van der Waals surface area contributed by atoms with E-state index in [1.165, 1.54) is 6.92 Å². The molecule has 27 heavy (non-hydrogen) atoms. The van der Waals surface area contributed by atoms with E-state index in [4.69, 9.17) is 4.42 Å². The van der Waals surface area contributed by atoms with E-state index in [-0.39, 0.29) is 10.6 Å². The van der Waals surface area contributed by atoms with Gasteiger partial charge in [-0.15, -0.1) is 0 Å². The smallest absolute Gasteiger partial charge is 0.283 e. The largest absolute Gasteiger partial charge is 0.464 e. The molecule has 0 unspecified atom stereocenters. The van der Waals surface area contributed by atoms with Crippen molar-refractivity contribution in [1.29, 1.82) is 0 Å². The van der Waals surface area contributed by atoms with Crippen LogP contribution in [0.3, 0.4) is 0 Å². The number of nitrogens with zero attached hydrogens (tertiary/aromatic N) is 2. The molecule has 148 valence electrons. The molecule has 0 fully saturated rings. The van der Waals surface area contributed by atoms with Crippen LogP contribution in [-0.4, -0.2) is 36.2 Å². The van der Waals surface area contributed by atoms with Gasteiger partial charge in [-0.25, -0.2) is 0 Å².